The Kier molecular flexibility index (Phi) is 6.09. The van der Waals surface area contributed by atoms with Crippen LogP contribution in [0.1, 0.15) is 52.9 Å². The maximum atomic E-state index is 11.9. The zero-order valence-corrected chi connectivity index (χ0v) is 12.0. The number of aliphatic hydroxyl groups excluding tert-OH is 1. The molecule has 18 heavy (non-hydrogen) atoms. The van der Waals surface area contributed by atoms with E-state index >= 15 is 0 Å². The summed E-state index contributed by atoms with van der Waals surface area (Å²) >= 11 is 0. The van der Waals surface area contributed by atoms with Gasteiger partial charge in [-0.05, 0) is 18.3 Å². The van der Waals surface area contributed by atoms with E-state index < -0.39 is 0 Å². The molecule has 4 heteroatoms. The standard InChI is InChI=1S/C14H28N2O2/c1-4-5-6-7-14(2,3)10-16-13(18)12-8-11(17)9-15-12/h11-12,15,17H,4-10H2,1-3H3,(H,16,18). The number of hydrogen-bond acceptors (Lipinski definition) is 3. The average Bonchev–Trinajstić information content (AvgIpc) is 2.73. The third kappa shape index (κ3) is 5.36. The third-order valence-corrected chi connectivity index (χ3v) is 3.62. The van der Waals surface area contributed by atoms with E-state index in [1.807, 2.05) is 0 Å². The number of carbonyl (C=O) groups is 1. The van der Waals surface area contributed by atoms with Gasteiger partial charge in [0.1, 0.15) is 0 Å². The monoisotopic (exact) mass is 256 g/mol. The number of carbonyl (C=O) groups excluding carboxylic acids is 1. The zero-order chi connectivity index (χ0) is 13.6. The van der Waals surface area contributed by atoms with Gasteiger partial charge in [0, 0.05) is 13.1 Å². The Morgan fingerprint density at radius 2 is 2.17 bits per heavy atom. The molecule has 2 atom stereocenters. The summed E-state index contributed by atoms with van der Waals surface area (Å²) in [5, 5.41) is 15.4. The van der Waals surface area contributed by atoms with Gasteiger partial charge in [-0.3, -0.25) is 4.79 Å². The van der Waals surface area contributed by atoms with E-state index in [-0.39, 0.29) is 23.5 Å². The molecule has 1 heterocycles. The number of rotatable bonds is 7. The van der Waals surface area contributed by atoms with Crippen LogP contribution >= 0.6 is 0 Å². The van der Waals surface area contributed by atoms with Gasteiger partial charge in [0.05, 0.1) is 12.1 Å². The lowest BCUT2D eigenvalue weighted by Crippen LogP contribution is -2.43. The molecule has 2 unspecified atom stereocenters. The number of nitrogens with one attached hydrogen (secondary N) is 2. The highest BCUT2D eigenvalue weighted by Gasteiger charge is 2.29. The molecular weight excluding hydrogens is 228 g/mol. The predicted octanol–water partition coefficient (Wildman–Crippen LogP) is 1.43. The van der Waals surface area contributed by atoms with Crippen LogP contribution in [-0.4, -0.2) is 36.2 Å². The first-order valence-electron chi connectivity index (χ1n) is 7.14. The molecule has 4 nitrogen and oxygen atoms in total. The van der Waals surface area contributed by atoms with Gasteiger partial charge in [-0.2, -0.15) is 0 Å². The van der Waals surface area contributed by atoms with Gasteiger partial charge in [0.25, 0.3) is 0 Å². The minimum atomic E-state index is -0.377. The Balaban J connectivity index is 2.24. The van der Waals surface area contributed by atoms with Gasteiger partial charge >= 0.3 is 0 Å². The largest absolute Gasteiger partial charge is 0.392 e. The third-order valence-electron chi connectivity index (χ3n) is 3.62. The van der Waals surface area contributed by atoms with Gasteiger partial charge in [0.2, 0.25) is 5.91 Å². The molecule has 0 aromatic carbocycles. The van der Waals surface area contributed by atoms with E-state index in [0.29, 0.717) is 19.5 Å². The minimum absolute atomic E-state index is 0.0233. The van der Waals surface area contributed by atoms with E-state index in [2.05, 4.69) is 31.4 Å². The highest BCUT2D eigenvalue weighted by atomic mass is 16.3. The number of hydrogen-bond donors (Lipinski definition) is 3. The molecule has 0 bridgehead atoms. The van der Waals surface area contributed by atoms with Crippen molar-refractivity contribution in [1.82, 2.24) is 10.6 Å². The lowest BCUT2D eigenvalue weighted by Gasteiger charge is -2.25. The molecule has 0 aromatic rings. The second-order valence-electron chi connectivity index (χ2n) is 6.19. The van der Waals surface area contributed by atoms with Crippen LogP contribution in [0.4, 0.5) is 0 Å². The normalized spacial score (nSPS) is 24.2. The van der Waals surface area contributed by atoms with Crippen LogP contribution in [0.25, 0.3) is 0 Å². The maximum Gasteiger partial charge on any atom is 0.237 e. The molecule has 106 valence electrons. The van der Waals surface area contributed by atoms with Crippen molar-refractivity contribution in [2.24, 2.45) is 5.41 Å². The Morgan fingerprint density at radius 1 is 1.44 bits per heavy atom. The topological polar surface area (TPSA) is 61.4 Å². The lowest BCUT2D eigenvalue weighted by molar-refractivity contribution is -0.123. The molecule has 3 N–H and O–H groups in total. The van der Waals surface area contributed by atoms with Crippen molar-refractivity contribution in [2.45, 2.75) is 65.0 Å². The fourth-order valence-corrected chi connectivity index (χ4v) is 2.31. The molecule has 0 radical (unpaired) electrons. The average molecular weight is 256 g/mol. The van der Waals surface area contributed by atoms with Gasteiger partial charge in [-0.15, -0.1) is 0 Å². The molecule has 0 aliphatic carbocycles. The first kappa shape index (κ1) is 15.4. The second kappa shape index (κ2) is 7.10. The summed E-state index contributed by atoms with van der Waals surface area (Å²) in [7, 11) is 0. The SMILES string of the molecule is CCCCCC(C)(C)CNC(=O)C1CC(O)CN1. The fraction of sp³-hybridized carbons (Fsp3) is 0.929. The Morgan fingerprint density at radius 3 is 2.72 bits per heavy atom. The molecule has 1 aliphatic rings. The summed E-state index contributed by atoms with van der Waals surface area (Å²) in [6.07, 6.45) is 5.00. The number of aliphatic hydroxyl groups is 1. The number of unbranched alkanes of at least 4 members (excludes halogenated alkanes) is 2. The Labute approximate surface area is 111 Å². The van der Waals surface area contributed by atoms with Crippen molar-refractivity contribution in [3.05, 3.63) is 0 Å². The minimum Gasteiger partial charge on any atom is -0.392 e. The van der Waals surface area contributed by atoms with Crippen molar-refractivity contribution in [1.29, 1.82) is 0 Å². The van der Waals surface area contributed by atoms with E-state index in [1.165, 1.54) is 19.3 Å². The maximum absolute atomic E-state index is 11.9. The van der Waals surface area contributed by atoms with Crippen molar-refractivity contribution in [2.75, 3.05) is 13.1 Å². The van der Waals surface area contributed by atoms with Crippen LogP contribution in [0.3, 0.4) is 0 Å². The van der Waals surface area contributed by atoms with E-state index in [4.69, 9.17) is 0 Å². The zero-order valence-electron chi connectivity index (χ0n) is 12.0. The summed E-state index contributed by atoms with van der Waals surface area (Å²) in [4.78, 5) is 11.9. The van der Waals surface area contributed by atoms with Crippen LogP contribution in [0.15, 0.2) is 0 Å². The van der Waals surface area contributed by atoms with Crippen LogP contribution in [0.2, 0.25) is 0 Å². The van der Waals surface area contributed by atoms with Gasteiger partial charge in [-0.25, -0.2) is 0 Å². The number of amides is 1. The van der Waals surface area contributed by atoms with Crippen LogP contribution in [-0.2, 0) is 4.79 Å². The number of β-amino-alcohol motifs (C(OH)–C–C–N with tert-alkyl or cyclic N) is 1. The molecule has 1 saturated heterocycles. The van der Waals surface area contributed by atoms with Gasteiger partial charge in [0.15, 0.2) is 0 Å². The van der Waals surface area contributed by atoms with E-state index in [1.54, 1.807) is 0 Å². The van der Waals surface area contributed by atoms with Crippen LogP contribution in [0, 0.1) is 5.41 Å². The van der Waals surface area contributed by atoms with Crippen LogP contribution in [0.5, 0.6) is 0 Å². The highest BCUT2D eigenvalue weighted by molar-refractivity contribution is 5.82. The fourth-order valence-electron chi connectivity index (χ4n) is 2.31. The summed E-state index contributed by atoms with van der Waals surface area (Å²) in [5.74, 6) is 0.0233. The smallest absolute Gasteiger partial charge is 0.237 e. The second-order valence-corrected chi connectivity index (χ2v) is 6.19. The molecule has 1 amide bonds. The van der Waals surface area contributed by atoms with Crippen LogP contribution < -0.4 is 10.6 Å². The van der Waals surface area contributed by atoms with Crippen molar-refractivity contribution in [3.63, 3.8) is 0 Å². The molecule has 0 aromatic heterocycles. The Hall–Kier alpha value is -0.610. The van der Waals surface area contributed by atoms with Crippen molar-refractivity contribution in [3.8, 4) is 0 Å². The first-order chi connectivity index (χ1) is 8.44. The van der Waals surface area contributed by atoms with Crippen molar-refractivity contribution < 1.29 is 9.90 Å². The molecule has 1 rings (SSSR count). The molecule has 0 spiro atoms. The Bertz CT molecular complexity index is 267. The van der Waals surface area contributed by atoms with Crippen molar-refractivity contribution >= 4 is 5.91 Å². The summed E-state index contributed by atoms with van der Waals surface area (Å²) < 4.78 is 0. The summed E-state index contributed by atoms with van der Waals surface area (Å²) in [6, 6.07) is -0.216. The van der Waals surface area contributed by atoms with E-state index in [9.17, 15) is 9.90 Å². The molecule has 1 aliphatic heterocycles. The molecule has 1 fully saturated rings. The predicted molar refractivity (Wildman–Crippen MR) is 73.3 cm³/mol. The first-order valence-corrected chi connectivity index (χ1v) is 7.14. The quantitative estimate of drug-likeness (QED) is 0.604. The molecular formula is C14H28N2O2. The lowest BCUT2D eigenvalue weighted by atomic mass is 9.87. The van der Waals surface area contributed by atoms with Gasteiger partial charge < -0.3 is 15.7 Å². The highest BCUT2D eigenvalue weighted by Crippen LogP contribution is 2.22. The van der Waals surface area contributed by atoms with Gasteiger partial charge in [-0.1, -0.05) is 40.0 Å². The van der Waals surface area contributed by atoms with E-state index in [0.717, 1.165) is 6.42 Å². The summed E-state index contributed by atoms with van der Waals surface area (Å²) in [6.45, 7) is 7.83. The molecule has 0 saturated carbocycles. The summed E-state index contributed by atoms with van der Waals surface area (Å²) in [5.41, 5.74) is 0.155.